The second-order valence-corrected chi connectivity index (χ2v) is 4.19. The van der Waals surface area contributed by atoms with Gasteiger partial charge in [-0.3, -0.25) is 4.79 Å². The lowest BCUT2D eigenvalue weighted by Gasteiger charge is -2.07. The molecule has 0 saturated heterocycles. The van der Waals surface area contributed by atoms with Gasteiger partial charge in [0.25, 0.3) is 0 Å². The van der Waals surface area contributed by atoms with E-state index in [0.717, 1.165) is 12.8 Å². The third-order valence-corrected chi connectivity index (χ3v) is 2.70. The summed E-state index contributed by atoms with van der Waals surface area (Å²) in [4.78, 5) is 22.7. The zero-order valence-corrected chi connectivity index (χ0v) is 11.0. The predicted molar refractivity (Wildman–Crippen MR) is 71.2 cm³/mol. The van der Waals surface area contributed by atoms with Crippen LogP contribution in [0.5, 0.6) is 0 Å². The van der Waals surface area contributed by atoms with Gasteiger partial charge in [0.2, 0.25) is 5.91 Å². The zero-order chi connectivity index (χ0) is 14.1. The molecule has 0 saturated carbocycles. The highest BCUT2D eigenvalue weighted by Gasteiger charge is 2.11. The minimum Gasteiger partial charge on any atom is -0.478 e. The predicted octanol–water partition coefficient (Wildman–Crippen LogP) is 1.47. The lowest BCUT2D eigenvalue weighted by atomic mass is 10.0. The smallest absolute Gasteiger partial charge is 0.335 e. The average molecular weight is 265 g/mol. The number of benzene rings is 1. The molecule has 104 valence electrons. The molecule has 2 N–H and O–H groups in total. The van der Waals surface area contributed by atoms with Crippen LogP contribution in [-0.2, 0) is 16.0 Å². The van der Waals surface area contributed by atoms with Crippen LogP contribution in [0.4, 0.5) is 0 Å². The average Bonchev–Trinajstić information content (AvgIpc) is 2.39. The van der Waals surface area contributed by atoms with E-state index in [4.69, 9.17) is 9.84 Å². The lowest BCUT2D eigenvalue weighted by Crippen LogP contribution is -2.26. The number of nitrogens with one attached hydrogen (secondary N) is 1. The summed E-state index contributed by atoms with van der Waals surface area (Å²) in [6.07, 6.45) is 1.83. The first-order valence-corrected chi connectivity index (χ1v) is 6.22. The molecule has 0 heterocycles. The number of carboxylic acid groups (broad SMARTS) is 1. The summed E-state index contributed by atoms with van der Waals surface area (Å²) in [7, 11) is 1.64. The summed E-state index contributed by atoms with van der Waals surface area (Å²) in [6.45, 7) is 1.26. The summed E-state index contributed by atoms with van der Waals surface area (Å²) >= 11 is 0. The van der Waals surface area contributed by atoms with Gasteiger partial charge in [0.05, 0.1) is 12.0 Å². The largest absolute Gasteiger partial charge is 0.478 e. The van der Waals surface area contributed by atoms with Crippen LogP contribution < -0.4 is 5.32 Å². The SMILES string of the molecule is COCCCCNC(=O)Cc1ccccc1C(=O)O. The Labute approximate surface area is 112 Å². The molecule has 0 radical (unpaired) electrons. The second kappa shape index (κ2) is 8.26. The number of carbonyl (C=O) groups is 2. The van der Waals surface area contributed by atoms with Gasteiger partial charge in [-0.05, 0) is 24.5 Å². The molecule has 0 spiro atoms. The number of amides is 1. The number of carboxylic acids is 1. The quantitative estimate of drug-likeness (QED) is 0.698. The summed E-state index contributed by atoms with van der Waals surface area (Å²) in [6, 6.07) is 6.54. The minimum atomic E-state index is -1.01. The molecule has 0 atom stereocenters. The van der Waals surface area contributed by atoms with Crippen LogP contribution in [0.15, 0.2) is 24.3 Å². The third-order valence-electron chi connectivity index (χ3n) is 2.70. The molecule has 0 aliphatic carbocycles. The number of hydrogen-bond donors (Lipinski definition) is 2. The summed E-state index contributed by atoms with van der Waals surface area (Å²) in [5, 5.41) is 11.8. The van der Waals surface area contributed by atoms with Gasteiger partial charge in [-0.1, -0.05) is 18.2 Å². The maximum Gasteiger partial charge on any atom is 0.335 e. The van der Waals surface area contributed by atoms with Gasteiger partial charge in [0.1, 0.15) is 0 Å². The fraction of sp³-hybridized carbons (Fsp3) is 0.429. The Hall–Kier alpha value is -1.88. The van der Waals surface area contributed by atoms with E-state index >= 15 is 0 Å². The Bertz CT molecular complexity index is 431. The van der Waals surface area contributed by atoms with Crippen molar-refractivity contribution < 1.29 is 19.4 Å². The number of aromatic carboxylic acids is 1. The van der Waals surface area contributed by atoms with Crippen LogP contribution in [0, 0.1) is 0 Å². The van der Waals surface area contributed by atoms with Gasteiger partial charge >= 0.3 is 5.97 Å². The van der Waals surface area contributed by atoms with Crippen LogP contribution in [0.1, 0.15) is 28.8 Å². The van der Waals surface area contributed by atoms with Gasteiger partial charge in [-0.2, -0.15) is 0 Å². The molecule has 0 aromatic heterocycles. The van der Waals surface area contributed by atoms with E-state index < -0.39 is 5.97 Å². The highest BCUT2D eigenvalue weighted by atomic mass is 16.5. The highest BCUT2D eigenvalue weighted by Crippen LogP contribution is 2.09. The number of hydrogen-bond acceptors (Lipinski definition) is 3. The van der Waals surface area contributed by atoms with Crippen molar-refractivity contribution in [2.24, 2.45) is 0 Å². The molecular formula is C14H19NO4. The van der Waals surface area contributed by atoms with Gasteiger partial charge in [-0.25, -0.2) is 4.79 Å². The molecular weight excluding hydrogens is 246 g/mol. The first kappa shape index (κ1) is 15.2. The Balaban J connectivity index is 2.42. The van der Waals surface area contributed by atoms with Crippen molar-refractivity contribution in [3.05, 3.63) is 35.4 Å². The van der Waals surface area contributed by atoms with Crippen LogP contribution in [-0.4, -0.2) is 37.2 Å². The minimum absolute atomic E-state index is 0.0900. The Kier molecular flexibility index (Phi) is 6.60. The van der Waals surface area contributed by atoms with Gasteiger partial charge < -0.3 is 15.2 Å². The fourth-order valence-corrected chi connectivity index (χ4v) is 1.72. The molecule has 1 aromatic rings. The van der Waals surface area contributed by atoms with E-state index in [1.807, 2.05) is 0 Å². The molecule has 5 nitrogen and oxygen atoms in total. The normalized spacial score (nSPS) is 10.2. The number of rotatable bonds is 8. The molecule has 5 heteroatoms. The van der Waals surface area contributed by atoms with Crippen molar-refractivity contribution in [2.75, 3.05) is 20.3 Å². The van der Waals surface area contributed by atoms with Gasteiger partial charge in [-0.15, -0.1) is 0 Å². The summed E-state index contributed by atoms with van der Waals surface area (Å²) < 4.78 is 4.91. The molecule has 1 aromatic carbocycles. The first-order chi connectivity index (χ1) is 9.15. The molecule has 19 heavy (non-hydrogen) atoms. The summed E-state index contributed by atoms with van der Waals surface area (Å²) in [5.41, 5.74) is 0.710. The van der Waals surface area contributed by atoms with Crippen LogP contribution in [0.3, 0.4) is 0 Å². The van der Waals surface area contributed by atoms with Crippen LogP contribution in [0.25, 0.3) is 0 Å². The standard InChI is InChI=1S/C14H19NO4/c1-19-9-5-4-8-15-13(16)10-11-6-2-3-7-12(11)14(17)18/h2-3,6-7H,4-5,8-10H2,1H3,(H,15,16)(H,17,18). The molecule has 0 aliphatic rings. The highest BCUT2D eigenvalue weighted by molar-refractivity contribution is 5.91. The van der Waals surface area contributed by atoms with E-state index in [2.05, 4.69) is 5.32 Å². The molecule has 0 bridgehead atoms. The Morgan fingerprint density at radius 2 is 2.00 bits per heavy atom. The van der Waals surface area contributed by atoms with Crippen molar-refractivity contribution in [1.82, 2.24) is 5.32 Å². The van der Waals surface area contributed by atoms with Crippen molar-refractivity contribution in [2.45, 2.75) is 19.3 Å². The number of methoxy groups -OCH3 is 1. The maximum absolute atomic E-state index is 11.7. The topological polar surface area (TPSA) is 75.6 Å². The monoisotopic (exact) mass is 265 g/mol. The van der Waals surface area contributed by atoms with Crippen LogP contribution >= 0.6 is 0 Å². The number of ether oxygens (including phenoxy) is 1. The molecule has 0 fully saturated rings. The Morgan fingerprint density at radius 3 is 2.68 bits per heavy atom. The number of carbonyl (C=O) groups excluding carboxylic acids is 1. The maximum atomic E-state index is 11.7. The molecule has 1 rings (SSSR count). The van der Waals surface area contributed by atoms with Gasteiger partial charge in [0.15, 0.2) is 0 Å². The van der Waals surface area contributed by atoms with E-state index in [0.29, 0.717) is 18.7 Å². The van der Waals surface area contributed by atoms with Crippen molar-refractivity contribution in [1.29, 1.82) is 0 Å². The van der Waals surface area contributed by atoms with Gasteiger partial charge in [0, 0.05) is 20.3 Å². The second-order valence-electron chi connectivity index (χ2n) is 4.19. The Morgan fingerprint density at radius 1 is 1.26 bits per heavy atom. The third kappa shape index (κ3) is 5.52. The van der Waals surface area contributed by atoms with E-state index in [9.17, 15) is 9.59 Å². The van der Waals surface area contributed by atoms with Crippen molar-refractivity contribution in [3.8, 4) is 0 Å². The van der Waals surface area contributed by atoms with Crippen LogP contribution in [0.2, 0.25) is 0 Å². The zero-order valence-electron chi connectivity index (χ0n) is 11.0. The van der Waals surface area contributed by atoms with Crippen molar-refractivity contribution in [3.63, 3.8) is 0 Å². The lowest BCUT2D eigenvalue weighted by molar-refractivity contribution is -0.120. The fourth-order valence-electron chi connectivity index (χ4n) is 1.72. The van der Waals surface area contributed by atoms with E-state index in [-0.39, 0.29) is 17.9 Å². The van der Waals surface area contributed by atoms with Crippen molar-refractivity contribution >= 4 is 11.9 Å². The molecule has 0 unspecified atom stereocenters. The summed E-state index contributed by atoms with van der Waals surface area (Å²) in [5.74, 6) is -1.17. The molecule has 0 aliphatic heterocycles. The first-order valence-electron chi connectivity index (χ1n) is 6.22. The molecule has 1 amide bonds. The van der Waals surface area contributed by atoms with E-state index in [1.165, 1.54) is 6.07 Å². The number of unbranched alkanes of at least 4 members (excludes halogenated alkanes) is 1. The van der Waals surface area contributed by atoms with E-state index in [1.54, 1.807) is 25.3 Å².